The molecule has 1 heterocycles. The van der Waals surface area contributed by atoms with Gasteiger partial charge in [-0.05, 0) is 25.1 Å². The Kier molecular flexibility index (Phi) is 4.57. The number of halogens is 1. The van der Waals surface area contributed by atoms with Gasteiger partial charge in [0.05, 0.1) is 12.3 Å². The number of benzene rings is 1. The van der Waals surface area contributed by atoms with Crippen LogP contribution in [0.5, 0.6) is 0 Å². The average molecular weight is 296 g/mol. The molecule has 2 N–H and O–H groups in total. The number of nitrogens with zero attached hydrogens (tertiary/aromatic N) is 1. The lowest BCUT2D eigenvalue weighted by molar-refractivity contribution is 0.0712. The van der Waals surface area contributed by atoms with Gasteiger partial charge < -0.3 is 15.4 Å². The Bertz CT molecular complexity index is 627. The summed E-state index contributed by atoms with van der Waals surface area (Å²) in [7, 11) is 1.59. The van der Waals surface area contributed by atoms with Crippen LogP contribution in [-0.2, 0) is 4.74 Å². The summed E-state index contributed by atoms with van der Waals surface area (Å²) in [5, 5.41) is 0.598. The second-order valence-electron chi connectivity index (χ2n) is 4.36. The maximum Gasteiger partial charge on any atom is 0.266 e. The first-order chi connectivity index (χ1) is 9.58. The lowest BCUT2D eigenvalue weighted by atomic mass is 10.2. The van der Waals surface area contributed by atoms with Gasteiger partial charge in [-0.3, -0.25) is 4.79 Å². The maximum absolute atomic E-state index is 13.3. The number of fused-ring (bicyclic) bond motifs is 1. The van der Waals surface area contributed by atoms with Crippen LogP contribution in [0.15, 0.2) is 18.2 Å². The van der Waals surface area contributed by atoms with Crippen molar-refractivity contribution in [2.24, 2.45) is 0 Å². The number of likely N-dealkylation sites (N-methyl/N-ethyl adjacent to an activating group) is 1. The van der Waals surface area contributed by atoms with Gasteiger partial charge in [0, 0.05) is 30.3 Å². The lowest BCUT2D eigenvalue weighted by Crippen LogP contribution is -2.33. The molecule has 108 valence electrons. The van der Waals surface area contributed by atoms with Crippen LogP contribution in [0.2, 0.25) is 0 Å². The number of hydrogen-bond acceptors (Lipinski definition) is 4. The van der Waals surface area contributed by atoms with Gasteiger partial charge in [-0.1, -0.05) is 0 Å². The summed E-state index contributed by atoms with van der Waals surface area (Å²) in [5.41, 5.74) is 6.35. The van der Waals surface area contributed by atoms with E-state index in [1.165, 1.54) is 23.5 Å². The fourth-order valence-electron chi connectivity index (χ4n) is 2.00. The molecule has 0 aliphatic rings. The van der Waals surface area contributed by atoms with Crippen LogP contribution in [-0.4, -0.2) is 37.6 Å². The van der Waals surface area contributed by atoms with Crippen molar-refractivity contribution in [1.82, 2.24) is 4.90 Å². The molecule has 4 nitrogen and oxygen atoms in total. The SMILES string of the molecule is CCN(CCOC)C(=O)c1sc2ccc(F)cc2c1N. The molecule has 0 saturated heterocycles. The first kappa shape index (κ1) is 14.7. The number of nitrogens with two attached hydrogens (primary N) is 1. The third-order valence-corrected chi connectivity index (χ3v) is 4.29. The van der Waals surface area contributed by atoms with Crippen LogP contribution in [0, 0.1) is 5.82 Å². The number of anilines is 1. The Morgan fingerprint density at radius 1 is 1.50 bits per heavy atom. The predicted molar refractivity (Wildman–Crippen MR) is 79.6 cm³/mol. The molecule has 0 aliphatic heterocycles. The normalized spacial score (nSPS) is 10.9. The Hall–Kier alpha value is -1.66. The van der Waals surface area contributed by atoms with Gasteiger partial charge in [0.2, 0.25) is 0 Å². The standard InChI is InChI=1S/C14H17FN2O2S/c1-3-17(6-7-19-2)14(18)13-12(16)10-8-9(15)4-5-11(10)20-13/h4-5,8H,3,6-7,16H2,1-2H3. The monoisotopic (exact) mass is 296 g/mol. The molecule has 6 heteroatoms. The van der Waals surface area contributed by atoms with E-state index < -0.39 is 0 Å². The topological polar surface area (TPSA) is 55.6 Å². The molecule has 1 aromatic carbocycles. The molecular weight excluding hydrogens is 279 g/mol. The summed E-state index contributed by atoms with van der Waals surface area (Å²) in [5.74, 6) is -0.489. The summed E-state index contributed by atoms with van der Waals surface area (Å²) in [6, 6.07) is 4.38. The number of thiophene rings is 1. The Morgan fingerprint density at radius 3 is 2.90 bits per heavy atom. The van der Waals surface area contributed by atoms with Gasteiger partial charge in [0.15, 0.2) is 0 Å². The van der Waals surface area contributed by atoms with Crippen LogP contribution in [0.1, 0.15) is 16.6 Å². The maximum atomic E-state index is 13.3. The number of rotatable bonds is 5. The van der Waals surface area contributed by atoms with E-state index >= 15 is 0 Å². The summed E-state index contributed by atoms with van der Waals surface area (Å²) in [4.78, 5) is 14.6. The Labute approximate surface area is 120 Å². The number of carbonyl (C=O) groups excluding carboxylic acids is 1. The zero-order chi connectivity index (χ0) is 14.7. The average Bonchev–Trinajstić information content (AvgIpc) is 2.76. The Morgan fingerprint density at radius 2 is 2.25 bits per heavy atom. The highest BCUT2D eigenvalue weighted by molar-refractivity contribution is 7.21. The zero-order valence-electron chi connectivity index (χ0n) is 11.5. The number of amides is 1. The van der Waals surface area contributed by atoms with E-state index in [1.807, 2.05) is 6.92 Å². The van der Waals surface area contributed by atoms with Gasteiger partial charge in [0.25, 0.3) is 5.91 Å². The van der Waals surface area contributed by atoms with Crippen LogP contribution < -0.4 is 5.73 Å². The van der Waals surface area contributed by atoms with Crippen molar-refractivity contribution in [3.05, 3.63) is 28.9 Å². The summed E-state index contributed by atoms with van der Waals surface area (Å²) < 4.78 is 19.1. The van der Waals surface area contributed by atoms with Gasteiger partial charge in [-0.2, -0.15) is 0 Å². The molecule has 0 unspecified atom stereocenters. The molecule has 0 radical (unpaired) electrons. The first-order valence-electron chi connectivity index (χ1n) is 6.34. The molecule has 1 amide bonds. The number of hydrogen-bond donors (Lipinski definition) is 1. The second-order valence-corrected chi connectivity index (χ2v) is 5.42. The number of nitrogen functional groups attached to an aromatic ring is 1. The van der Waals surface area contributed by atoms with Crippen molar-refractivity contribution in [3.63, 3.8) is 0 Å². The van der Waals surface area contributed by atoms with Gasteiger partial charge in [0.1, 0.15) is 10.7 Å². The van der Waals surface area contributed by atoms with E-state index in [4.69, 9.17) is 10.5 Å². The van der Waals surface area contributed by atoms with Crippen molar-refractivity contribution in [2.75, 3.05) is 32.5 Å². The highest BCUT2D eigenvalue weighted by Gasteiger charge is 2.21. The highest BCUT2D eigenvalue weighted by Crippen LogP contribution is 2.34. The minimum absolute atomic E-state index is 0.136. The Balaban J connectivity index is 2.36. The molecule has 20 heavy (non-hydrogen) atoms. The van der Waals surface area contributed by atoms with Crippen LogP contribution in [0.25, 0.3) is 10.1 Å². The van der Waals surface area contributed by atoms with E-state index in [0.29, 0.717) is 35.6 Å². The summed E-state index contributed by atoms with van der Waals surface area (Å²) in [6.07, 6.45) is 0. The van der Waals surface area contributed by atoms with E-state index in [1.54, 1.807) is 18.1 Å². The summed E-state index contributed by atoms with van der Waals surface area (Å²) in [6.45, 7) is 3.45. The van der Waals surface area contributed by atoms with E-state index in [2.05, 4.69) is 0 Å². The minimum Gasteiger partial charge on any atom is -0.397 e. The quantitative estimate of drug-likeness (QED) is 0.923. The summed E-state index contributed by atoms with van der Waals surface area (Å²) >= 11 is 1.29. The number of ether oxygens (including phenoxy) is 1. The number of carbonyl (C=O) groups is 1. The predicted octanol–water partition coefficient (Wildman–Crippen LogP) is 2.73. The lowest BCUT2D eigenvalue weighted by Gasteiger charge is -2.19. The first-order valence-corrected chi connectivity index (χ1v) is 7.15. The molecule has 0 fully saturated rings. The fraction of sp³-hybridized carbons (Fsp3) is 0.357. The van der Waals surface area contributed by atoms with Crippen molar-refractivity contribution < 1.29 is 13.9 Å². The van der Waals surface area contributed by atoms with Crippen molar-refractivity contribution >= 4 is 33.0 Å². The van der Waals surface area contributed by atoms with E-state index in [9.17, 15) is 9.18 Å². The van der Waals surface area contributed by atoms with Crippen LogP contribution in [0.3, 0.4) is 0 Å². The minimum atomic E-state index is -0.354. The fourth-order valence-corrected chi connectivity index (χ4v) is 3.07. The van der Waals surface area contributed by atoms with Crippen LogP contribution >= 0.6 is 11.3 Å². The van der Waals surface area contributed by atoms with Gasteiger partial charge >= 0.3 is 0 Å². The van der Waals surface area contributed by atoms with Gasteiger partial charge in [-0.25, -0.2) is 4.39 Å². The molecular formula is C14H17FN2O2S. The van der Waals surface area contributed by atoms with Crippen LogP contribution in [0.4, 0.5) is 10.1 Å². The van der Waals surface area contributed by atoms with Gasteiger partial charge in [-0.15, -0.1) is 11.3 Å². The molecule has 0 atom stereocenters. The molecule has 2 rings (SSSR count). The molecule has 2 aromatic rings. The zero-order valence-corrected chi connectivity index (χ0v) is 12.3. The molecule has 0 bridgehead atoms. The van der Waals surface area contributed by atoms with E-state index in [0.717, 1.165) is 4.70 Å². The highest BCUT2D eigenvalue weighted by atomic mass is 32.1. The third kappa shape index (κ3) is 2.76. The molecule has 0 saturated carbocycles. The van der Waals surface area contributed by atoms with Crippen molar-refractivity contribution in [2.45, 2.75) is 6.92 Å². The molecule has 0 spiro atoms. The number of methoxy groups -OCH3 is 1. The smallest absolute Gasteiger partial charge is 0.266 e. The second kappa shape index (κ2) is 6.19. The molecule has 0 aliphatic carbocycles. The van der Waals surface area contributed by atoms with E-state index in [-0.39, 0.29) is 11.7 Å². The molecule has 1 aromatic heterocycles. The third-order valence-electron chi connectivity index (χ3n) is 3.12. The largest absolute Gasteiger partial charge is 0.397 e. The van der Waals surface area contributed by atoms with Crippen molar-refractivity contribution in [3.8, 4) is 0 Å². The van der Waals surface area contributed by atoms with Crippen molar-refractivity contribution in [1.29, 1.82) is 0 Å².